The molecule has 6 nitrogen and oxygen atoms in total. The number of nitrogens with zero attached hydrogens (tertiary/aromatic N) is 2. The van der Waals surface area contributed by atoms with Gasteiger partial charge >= 0.3 is 5.69 Å². The summed E-state index contributed by atoms with van der Waals surface area (Å²) in [6.07, 6.45) is 4.71. The molecule has 1 aromatic heterocycles. The number of pyridine rings is 1. The lowest BCUT2D eigenvalue weighted by molar-refractivity contribution is -0.386. The standard InChI is InChI=1S/C12H17N3O3/c16-15(17)11-4-1-6-14-12(11)18-8-2-3-10-5-7-13-9-10/h1,4,6,10,13H,2-3,5,7-9H2. The quantitative estimate of drug-likeness (QED) is 0.473. The fraction of sp³-hybridized carbons (Fsp3) is 0.583. The highest BCUT2D eigenvalue weighted by atomic mass is 16.6. The molecule has 0 aromatic carbocycles. The van der Waals surface area contributed by atoms with Crippen LogP contribution in [0, 0.1) is 16.0 Å². The van der Waals surface area contributed by atoms with Crippen molar-refractivity contribution in [2.75, 3.05) is 19.7 Å². The van der Waals surface area contributed by atoms with E-state index in [4.69, 9.17) is 4.74 Å². The van der Waals surface area contributed by atoms with Gasteiger partial charge in [0.15, 0.2) is 0 Å². The largest absolute Gasteiger partial charge is 0.473 e. The third-order valence-electron chi connectivity index (χ3n) is 3.11. The molecule has 1 aromatic rings. The Morgan fingerprint density at radius 2 is 2.50 bits per heavy atom. The minimum absolute atomic E-state index is 0.0694. The van der Waals surface area contributed by atoms with Crippen LogP contribution < -0.4 is 10.1 Å². The average Bonchev–Trinajstić information content (AvgIpc) is 2.88. The fourth-order valence-electron chi connectivity index (χ4n) is 2.13. The first-order valence-electron chi connectivity index (χ1n) is 6.20. The average molecular weight is 251 g/mol. The molecule has 1 fully saturated rings. The summed E-state index contributed by atoms with van der Waals surface area (Å²) >= 11 is 0. The number of aromatic nitrogens is 1. The predicted molar refractivity (Wildman–Crippen MR) is 66.6 cm³/mol. The van der Waals surface area contributed by atoms with Gasteiger partial charge in [0.05, 0.1) is 11.5 Å². The minimum atomic E-state index is -0.469. The Labute approximate surface area is 106 Å². The van der Waals surface area contributed by atoms with Gasteiger partial charge in [0.2, 0.25) is 0 Å². The van der Waals surface area contributed by atoms with Gasteiger partial charge in [-0.3, -0.25) is 10.1 Å². The lowest BCUT2D eigenvalue weighted by Gasteiger charge is -2.08. The van der Waals surface area contributed by atoms with Crippen LogP contribution in [-0.2, 0) is 0 Å². The van der Waals surface area contributed by atoms with Gasteiger partial charge in [-0.05, 0) is 44.3 Å². The molecule has 98 valence electrons. The number of nitro groups is 1. The van der Waals surface area contributed by atoms with E-state index in [0.29, 0.717) is 12.5 Å². The monoisotopic (exact) mass is 251 g/mol. The van der Waals surface area contributed by atoms with Crippen molar-refractivity contribution in [1.29, 1.82) is 0 Å². The van der Waals surface area contributed by atoms with Crippen molar-refractivity contribution < 1.29 is 9.66 Å². The summed E-state index contributed by atoms with van der Waals surface area (Å²) in [6.45, 7) is 2.65. The van der Waals surface area contributed by atoms with Crippen molar-refractivity contribution in [3.05, 3.63) is 28.4 Å². The molecule has 2 heterocycles. The first-order chi connectivity index (χ1) is 8.77. The topological polar surface area (TPSA) is 77.3 Å². The highest BCUT2D eigenvalue weighted by Gasteiger charge is 2.16. The van der Waals surface area contributed by atoms with Gasteiger partial charge in [0.1, 0.15) is 0 Å². The molecule has 2 rings (SSSR count). The van der Waals surface area contributed by atoms with Crippen LogP contribution in [0.25, 0.3) is 0 Å². The van der Waals surface area contributed by atoms with Crippen LogP contribution in [-0.4, -0.2) is 29.6 Å². The number of nitrogens with one attached hydrogen (secondary N) is 1. The predicted octanol–water partition coefficient (Wildman–Crippen LogP) is 1.76. The first-order valence-corrected chi connectivity index (χ1v) is 6.20. The van der Waals surface area contributed by atoms with Crippen LogP contribution in [0.15, 0.2) is 18.3 Å². The lowest BCUT2D eigenvalue weighted by Crippen LogP contribution is -2.10. The van der Waals surface area contributed by atoms with E-state index >= 15 is 0 Å². The summed E-state index contributed by atoms with van der Waals surface area (Å²) in [7, 11) is 0. The van der Waals surface area contributed by atoms with Crippen LogP contribution in [0.3, 0.4) is 0 Å². The highest BCUT2D eigenvalue weighted by molar-refractivity contribution is 5.39. The molecule has 1 saturated heterocycles. The normalized spacial score (nSPS) is 18.8. The summed E-state index contributed by atoms with van der Waals surface area (Å²) in [4.78, 5) is 14.2. The zero-order valence-corrected chi connectivity index (χ0v) is 10.2. The number of rotatable bonds is 6. The minimum Gasteiger partial charge on any atom is -0.473 e. The second-order valence-electron chi connectivity index (χ2n) is 4.43. The van der Waals surface area contributed by atoms with Crippen LogP contribution >= 0.6 is 0 Å². The molecule has 1 aliphatic heterocycles. The Kier molecular flexibility index (Phi) is 4.46. The van der Waals surface area contributed by atoms with Crippen LogP contribution in [0.2, 0.25) is 0 Å². The Morgan fingerprint density at radius 3 is 3.22 bits per heavy atom. The van der Waals surface area contributed by atoms with Gasteiger partial charge in [-0.25, -0.2) is 4.98 Å². The summed E-state index contributed by atoms with van der Waals surface area (Å²) in [5.74, 6) is 0.833. The Morgan fingerprint density at radius 1 is 1.61 bits per heavy atom. The third-order valence-corrected chi connectivity index (χ3v) is 3.11. The van der Waals surface area contributed by atoms with Crippen LogP contribution in [0.4, 0.5) is 5.69 Å². The molecule has 0 aliphatic carbocycles. The maximum absolute atomic E-state index is 10.7. The van der Waals surface area contributed by atoms with E-state index in [0.717, 1.165) is 25.9 Å². The maximum atomic E-state index is 10.7. The SMILES string of the molecule is O=[N+]([O-])c1cccnc1OCCCC1CCNC1. The molecular formula is C12H17N3O3. The van der Waals surface area contributed by atoms with Gasteiger partial charge in [-0.15, -0.1) is 0 Å². The first kappa shape index (κ1) is 12.8. The van der Waals surface area contributed by atoms with E-state index in [-0.39, 0.29) is 11.6 Å². The van der Waals surface area contributed by atoms with Crippen molar-refractivity contribution in [3.8, 4) is 5.88 Å². The smallest absolute Gasteiger partial charge is 0.330 e. The lowest BCUT2D eigenvalue weighted by atomic mass is 10.0. The second-order valence-corrected chi connectivity index (χ2v) is 4.43. The molecule has 6 heteroatoms. The fourth-order valence-corrected chi connectivity index (χ4v) is 2.13. The number of hydrogen-bond acceptors (Lipinski definition) is 5. The van der Waals surface area contributed by atoms with Crippen molar-refractivity contribution in [2.45, 2.75) is 19.3 Å². The summed E-state index contributed by atoms with van der Waals surface area (Å²) in [5, 5.41) is 14.1. The molecule has 1 unspecified atom stereocenters. The van der Waals surface area contributed by atoms with E-state index < -0.39 is 4.92 Å². The third kappa shape index (κ3) is 3.40. The molecule has 0 spiro atoms. The van der Waals surface area contributed by atoms with Gasteiger partial charge in [0, 0.05) is 12.3 Å². The van der Waals surface area contributed by atoms with Gasteiger partial charge in [-0.2, -0.15) is 0 Å². The summed E-state index contributed by atoms with van der Waals surface area (Å²) in [6, 6.07) is 2.94. The Bertz CT molecular complexity index is 405. The van der Waals surface area contributed by atoms with E-state index in [1.54, 1.807) is 0 Å². The molecule has 1 atom stereocenters. The van der Waals surface area contributed by atoms with E-state index in [1.807, 2.05) is 0 Å². The molecule has 0 radical (unpaired) electrons. The van der Waals surface area contributed by atoms with Crippen molar-refractivity contribution in [3.63, 3.8) is 0 Å². The van der Waals surface area contributed by atoms with Crippen molar-refractivity contribution in [1.82, 2.24) is 10.3 Å². The van der Waals surface area contributed by atoms with E-state index in [2.05, 4.69) is 10.3 Å². The highest BCUT2D eigenvalue weighted by Crippen LogP contribution is 2.23. The summed E-state index contributed by atoms with van der Waals surface area (Å²) < 4.78 is 5.39. The van der Waals surface area contributed by atoms with Crippen LogP contribution in [0.5, 0.6) is 5.88 Å². The van der Waals surface area contributed by atoms with E-state index in [1.165, 1.54) is 24.8 Å². The number of ether oxygens (including phenoxy) is 1. The van der Waals surface area contributed by atoms with Gasteiger partial charge in [-0.1, -0.05) is 0 Å². The molecule has 1 N–H and O–H groups in total. The Balaban J connectivity index is 1.77. The van der Waals surface area contributed by atoms with E-state index in [9.17, 15) is 10.1 Å². The second kappa shape index (κ2) is 6.30. The molecule has 1 aliphatic rings. The number of hydrogen-bond donors (Lipinski definition) is 1. The van der Waals surface area contributed by atoms with Crippen molar-refractivity contribution in [2.24, 2.45) is 5.92 Å². The molecule has 0 bridgehead atoms. The molecule has 18 heavy (non-hydrogen) atoms. The van der Waals surface area contributed by atoms with Crippen LogP contribution in [0.1, 0.15) is 19.3 Å². The van der Waals surface area contributed by atoms with Crippen molar-refractivity contribution >= 4 is 5.69 Å². The zero-order valence-electron chi connectivity index (χ0n) is 10.2. The zero-order chi connectivity index (χ0) is 12.8. The van der Waals surface area contributed by atoms with Gasteiger partial charge < -0.3 is 10.1 Å². The Hall–Kier alpha value is -1.69. The van der Waals surface area contributed by atoms with Gasteiger partial charge in [0.25, 0.3) is 5.88 Å². The summed E-state index contributed by atoms with van der Waals surface area (Å²) in [5.41, 5.74) is -0.0694. The molecule has 0 saturated carbocycles. The molecular weight excluding hydrogens is 234 g/mol. The molecule has 0 amide bonds. The maximum Gasteiger partial charge on any atom is 0.330 e.